The van der Waals surface area contributed by atoms with Crippen LogP contribution in [0, 0.1) is 0 Å². The Morgan fingerprint density at radius 2 is 2.04 bits per heavy atom. The smallest absolute Gasteiger partial charge is 0.250 e. The fourth-order valence-electron chi connectivity index (χ4n) is 2.48. The van der Waals surface area contributed by atoms with Crippen molar-refractivity contribution < 1.29 is 4.42 Å². The molecule has 0 fully saturated rings. The summed E-state index contributed by atoms with van der Waals surface area (Å²) >= 11 is 0. The molecule has 0 saturated carbocycles. The zero-order valence-electron chi connectivity index (χ0n) is 17.2. The van der Waals surface area contributed by atoms with E-state index in [-0.39, 0.29) is 35.0 Å². The van der Waals surface area contributed by atoms with E-state index in [2.05, 4.69) is 41.4 Å². The number of unbranched alkanes of at least 4 members (excludes halogenated alkanes) is 1. The summed E-state index contributed by atoms with van der Waals surface area (Å²) in [5.41, 5.74) is -0.0146. The molecule has 2 rings (SSSR count). The molecule has 0 spiro atoms. The predicted octanol–water partition coefficient (Wildman–Crippen LogP) is 3.29. The van der Waals surface area contributed by atoms with Gasteiger partial charge in [0.1, 0.15) is 12.3 Å². The molecule has 0 radical (unpaired) electrons. The molecular weight excluding hydrogens is 469 g/mol. The lowest BCUT2D eigenvalue weighted by Crippen LogP contribution is -2.37. The number of aryl methyl sites for hydroxylation is 1. The molecule has 0 aromatic carbocycles. The maximum Gasteiger partial charge on any atom is 0.250 e. The van der Waals surface area contributed by atoms with Crippen LogP contribution in [-0.2, 0) is 18.5 Å². The standard InChI is InChI=1S/C20H31N5O2.HI/c1-5-21-19(24-15-17-23-14-16(27-17)20(2,3)4)22-11-7-9-13-25-12-8-6-10-18(25)26;/h6,8,10,12,14H,5,7,9,11,13,15H2,1-4H3,(H2,21,22,24);1H. The van der Waals surface area contributed by atoms with Gasteiger partial charge in [-0.1, -0.05) is 26.8 Å². The molecule has 0 unspecified atom stereocenters. The van der Waals surface area contributed by atoms with Crippen LogP contribution in [0.15, 0.2) is 44.8 Å². The summed E-state index contributed by atoms with van der Waals surface area (Å²) in [6.07, 6.45) is 5.46. The van der Waals surface area contributed by atoms with Gasteiger partial charge in [0.25, 0.3) is 0 Å². The van der Waals surface area contributed by atoms with E-state index in [1.807, 2.05) is 19.2 Å². The van der Waals surface area contributed by atoms with Crippen molar-refractivity contribution in [2.24, 2.45) is 4.99 Å². The molecular formula is C20H32IN5O2. The molecule has 0 atom stereocenters. The molecule has 0 aliphatic carbocycles. The Bertz CT molecular complexity index is 792. The van der Waals surface area contributed by atoms with Crippen molar-refractivity contribution in [1.29, 1.82) is 0 Å². The van der Waals surface area contributed by atoms with Gasteiger partial charge in [0.15, 0.2) is 5.96 Å². The minimum absolute atomic E-state index is 0. The Morgan fingerprint density at radius 3 is 2.68 bits per heavy atom. The second-order valence-corrected chi connectivity index (χ2v) is 7.43. The lowest BCUT2D eigenvalue weighted by atomic mass is 9.94. The minimum atomic E-state index is -0.0571. The maximum atomic E-state index is 11.7. The lowest BCUT2D eigenvalue weighted by Gasteiger charge is -2.13. The number of halogens is 1. The molecule has 8 heteroatoms. The molecule has 2 N–H and O–H groups in total. The third kappa shape index (κ3) is 8.04. The third-order valence-electron chi connectivity index (χ3n) is 4.03. The Hall–Kier alpha value is -1.84. The van der Waals surface area contributed by atoms with Crippen LogP contribution in [0.5, 0.6) is 0 Å². The topological polar surface area (TPSA) is 84.4 Å². The van der Waals surface area contributed by atoms with E-state index in [0.717, 1.165) is 44.2 Å². The van der Waals surface area contributed by atoms with Gasteiger partial charge in [0.2, 0.25) is 11.4 Å². The lowest BCUT2D eigenvalue weighted by molar-refractivity contribution is 0.383. The zero-order chi connectivity index (χ0) is 19.7. The highest BCUT2D eigenvalue weighted by Crippen LogP contribution is 2.22. The van der Waals surface area contributed by atoms with E-state index >= 15 is 0 Å². The van der Waals surface area contributed by atoms with Crippen molar-refractivity contribution in [1.82, 2.24) is 20.2 Å². The Kier molecular flexibility index (Phi) is 10.3. The second-order valence-electron chi connectivity index (χ2n) is 7.43. The molecule has 0 bridgehead atoms. The molecule has 0 amide bonds. The minimum Gasteiger partial charge on any atom is -0.443 e. The van der Waals surface area contributed by atoms with E-state index in [1.165, 1.54) is 0 Å². The first-order valence-corrected chi connectivity index (χ1v) is 9.53. The SMILES string of the molecule is CCNC(=NCc1ncc(C(C)(C)C)o1)NCCCCn1ccccc1=O.I. The van der Waals surface area contributed by atoms with Gasteiger partial charge in [0, 0.05) is 37.3 Å². The number of hydrogen-bond donors (Lipinski definition) is 2. The summed E-state index contributed by atoms with van der Waals surface area (Å²) in [7, 11) is 0. The quantitative estimate of drug-likeness (QED) is 0.251. The van der Waals surface area contributed by atoms with E-state index in [9.17, 15) is 4.79 Å². The zero-order valence-corrected chi connectivity index (χ0v) is 19.5. The molecule has 2 aromatic rings. The number of hydrogen-bond acceptors (Lipinski definition) is 4. The largest absolute Gasteiger partial charge is 0.443 e. The molecule has 2 aromatic heterocycles. The van der Waals surface area contributed by atoms with Gasteiger partial charge in [-0.2, -0.15) is 0 Å². The van der Waals surface area contributed by atoms with Crippen molar-refractivity contribution in [2.75, 3.05) is 13.1 Å². The van der Waals surface area contributed by atoms with Crippen LogP contribution < -0.4 is 16.2 Å². The number of aromatic nitrogens is 2. The molecule has 156 valence electrons. The van der Waals surface area contributed by atoms with Gasteiger partial charge >= 0.3 is 0 Å². The number of oxazole rings is 1. The monoisotopic (exact) mass is 501 g/mol. The Labute approximate surface area is 184 Å². The Balaban J connectivity index is 0.00000392. The van der Waals surface area contributed by atoms with Crippen LogP contribution in [0.2, 0.25) is 0 Å². The number of guanidine groups is 1. The van der Waals surface area contributed by atoms with Gasteiger partial charge in [-0.25, -0.2) is 9.98 Å². The van der Waals surface area contributed by atoms with Gasteiger partial charge in [-0.05, 0) is 25.8 Å². The Morgan fingerprint density at radius 1 is 1.25 bits per heavy atom. The summed E-state index contributed by atoms with van der Waals surface area (Å²) in [4.78, 5) is 20.5. The first-order valence-electron chi connectivity index (χ1n) is 9.53. The van der Waals surface area contributed by atoms with Crippen molar-refractivity contribution >= 4 is 29.9 Å². The third-order valence-corrected chi connectivity index (χ3v) is 4.03. The number of nitrogens with one attached hydrogen (secondary N) is 2. The van der Waals surface area contributed by atoms with Gasteiger partial charge in [-0.15, -0.1) is 24.0 Å². The van der Waals surface area contributed by atoms with Crippen LogP contribution >= 0.6 is 24.0 Å². The predicted molar refractivity (Wildman–Crippen MR) is 123 cm³/mol. The second kappa shape index (κ2) is 11.9. The summed E-state index contributed by atoms with van der Waals surface area (Å²) in [5, 5.41) is 6.53. The average molecular weight is 501 g/mol. The van der Waals surface area contributed by atoms with E-state index < -0.39 is 0 Å². The number of nitrogens with zero attached hydrogens (tertiary/aromatic N) is 3. The van der Waals surface area contributed by atoms with Crippen LogP contribution in [-0.4, -0.2) is 28.6 Å². The molecule has 0 aliphatic rings. The van der Waals surface area contributed by atoms with E-state index in [1.54, 1.807) is 22.9 Å². The highest BCUT2D eigenvalue weighted by atomic mass is 127. The molecule has 2 heterocycles. The van der Waals surface area contributed by atoms with Crippen molar-refractivity contribution in [2.45, 2.75) is 59.0 Å². The van der Waals surface area contributed by atoms with Crippen LogP contribution in [0.4, 0.5) is 0 Å². The van der Waals surface area contributed by atoms with E-state index in [4.69, 9.17) is 4.42 Å². The van der Waals surface area contributed by atoms with Gasteiger partial charge < -0.3 is 19.6 Å². The molecule has 0 aliphatic heterocycles. The normalized spacial score (nSPS) is 11.8. The fourth-order valence-corrected chi connectivity index (χ4v) is 2.48. The maximum absolute atomic E-state index is 11.7. The highest BCUT2D eigenvalue weighted by Gasteiger charge is 2.18. The molecule has 7 nitrogen and oxygen atoms in total. The summed E-state index contributed by atoms with van der Waals surface area (Å²) in [5.74, 6) is 2.22. The van der Waals surface area contributed by atoms with Crippen LogP contribution in [0.3, 0.4) is 0 Å². The fraction of sp³-hybridized carbons (Fsp3) is 0.550. The van der Waals surface area contributed by atoms with Crippen LogP contribution in [0.1, 0.15) is 52.2 Å². The summed E-state index contributed by atoms with van der Waals surface area (Å²) in [6.45, 7) is 11.0. The number of rotatable bonds is 8. The van der Waals surface area contributed by atoms with Crippen molar-refractivity contribution in [3.63, 3.8) is 0 Å². The first-order chi connectivity index (χ1) is 12.9. The summed E-state index contributed by atoms with van der Waals surface area (Å²) in [6, 6.07) is 5.23. The van der Waals surface area contributed by atoms with Crippen molar-refractivity contribution in [3.8, 4) is 0 Å². The highest BCUT2D eigenvalue weighted by molar-refractivity contribution is 14.0. The van der Waals surface area contributed by atoms with E-state index in [0.29, 0.717) is 12.4 Å². The average Bonchev–Trinajstić information content (AvgIpc) is 3.10. The summed E-state index contributed by atoms with van der Waals surface area (Å²) < 4.78 is 7.50. The molecule has 0 saturated heterocycles. The van der Waals surface area contributed by atoms with Crippen molar-refractivity contribution in [3.05, 3.63) is 52.6 Å². The first kappa shape index (κ1) is 24.2. The molecule has 28 heavy (non-hydrogen) atoms. The van der Waals surface area contributed by atoms with Gasteiger partial charge in [0.05, 0.1) is 6.20 Å². The number of pyridine rings is 1. The van der Waals surface area contributed by atoms with Crippen LogP contribution in [0.25, 0.3) is 0 Å². The van der Waals surface area contributed by atoms with Gasteiger partial charge in [-0.3, -0.25) is 4.79 Å². The number of aliphatic imine (C=N–C) groups is 1.